The van der Waals surface area contributed by atoms with Gasteiger partial charge in [-0.15, -0.1) is 0 Å². The Labute approximate surface area is 121 Å². The van der Waals surface area contributed by atoms with Crippen molar-refractivity contribution < 1.29 is 8.42 Å². The van der Waals surface area contributed by atoms with E-state index in [2.05, 4.69) is 13.0 Å². The van der Waals surface area contributed by atoms with Gasteiger partial charge >= 0.3 is 0 Å². The van der Waals surface area contributed by atoms with Crippen molar-refractivity contribution in [3.63, 3.8) is 0 Å². The predicted molar refractivity (Wildman–Crippen MR) is 77.7 cm³/mol. The molecule has 1 saturated heterocycles. The second-order valence-corrected chi connectivity index (χ2v) is 7.47. The minimum atomic E-state index is -3.43. The first-order valence-electron chi connectivity index (χ1n) is 6.96. The van der Waals surface area contributed by atoms with Gasteiger partial charge in [-0.05, 0) is 55.9 Å². The third kappa shape index (κ3) is 3.02. The van der Waals surface area contributed by atoms with E-state index in [1.807, 2.05) is 0 Å². The fraction of sp³-hybridized carbons (Fsp3) is 0.533. The lowest BCUT2D eigenvalue weighted by Gasteiger charge is -2.20. The molecule has 0 aliphatic carbocycles. The van der Waals surface area contributed by atoms with Crippen molar-refractivity contribution in [2.45, 2.75) is 38.0 Å². The number of benzene rings is 1. The summed E-state index contributed by atoms with van der Waals surface area (Å²) in [7, 11) is -3.43. The van der Waals surface area contributed by atoms with E-state index >= 15 is 0 Å². The smallest absolute Gasteiger partial charge is 0.207 e. The van der Waals surface area contributed by atoms with E-state index in [1.165, 1.54) is 6.07 Å². The van der Waals surface area contributed by atoms with Gasteiger partial charge < -0.3 is 0 Å². The number of nitriles is 1. The molecule has 0 bridgehead atoms. The van der Waals surface area contributed by atoms with Crippen LogP contribution in [-0.2, 0) is 10.0 Å². The summed E-state index contributed by atoms with van der Waals surface area (Å²) in [6, 6.07) is 6.78. The fourth-order valence-corrected chi connectivity index (χ4v) is 4.13. The lowest BCUT2D eigenvalue weighted by atomic mass is 10.0. The molecule has 1 heterocycles. The molecule has 1 unspecified atom stereocenters. The minimum absolute atomic E-state index is 0.295. The topological polar surface area (TPSA) is 61.2 Å². The second-order valence-electron chi connectivity index (χ2n) is 5.53. The summed E-state index contributed by atoms with van der Waals surface area (Å²) in [6.07, 6.45) is 2.91. The SMILES string of the molecule is Cc1cc(S(=O)(=O)N2CCCC(C)CC2)ccc1C#N. The van der Waals surface area contributed by atoms with Crippen molar-refractivity contribution >= 4 is 10.0 Å². The van der Waals surface area contributed by atoms with Crippen LogP contribution in [0.2, 0.25) is 0 Å². The molecule has 0 saturated carbocycles. The van der Waals surface area contributed by atoms with Crippen LogP contribution in [0.4, 0.5) is 0 Å². The van der Waals surface area contributed by atoms with Crippen molar-refractivity contribution in [3.8, 4) is 6.07 Å². The van der Waals surface area contributed by atoms with Crippen molar-refractivity contribution in [3.05, 3.63) is 29.3 Å². The fourth-order valence-electron chi connectivity index (χ4n) is 2.55. The van der Waals surface area contributed by atoms with Gasteiger partial charge in [-0.25, -0.2) is 8.42 Å². The van der Waals surface area contributed by atoms with Gasteiger partial charge in [-0.3, -0.25) is 0 Å². The minimum Gasteiger partial charge on any atom is -0.207 e. The van der Waals surface area contributed by atoms with Gasteiger partial charge in [0.2, 0.25) is 10.0 Å². The highest BCUT2D eigenvalue weighted by molar-refractivity contribution is 7.89. The first-order chi connectivity index (χ1) is 9.45. The molecule has 0 radical (unpaired) electrons. The van der Waals surface area contributed by atoms with E-state index in [1.54, 1.807) is 23.4 Å². The monoisotopic (exact) mass is 292 g/mol. The molecule has 5 heteroatoms. The molecule has 1 atom stereocenters. The third-order valence-corrected chi connectivity index (χ3v) is 5.83. The molecular weight excluding hydrogens is 272 g/mol. The molecule has 1 aromatic rings. The van der Waals surface area contributed by atoms with Crippen LogP contribution in [0.15, 0.2) is 23.1 Å². The first kappa shape index (κ1) is 15.0. The van der Waals surface area contributed by atoms with Crippen LogP contribution in [0.1, 0.15) is 37.3 Å². The molecule has 1 aliphatic rings. The average Bonchev–Trinajstić information content (AvgIpc) is 2.63. The van der Waals surface area contributed by atoms with Crippen LogP contribution in [-0.4, -0.2) is 25.8 Å². The van der Waals surface area contributed by atoms with Crippen molar-refractivity contribution in [2.24, 2.45) is 5.92 Å². The Morgan fingerprint density at radius 2 is 2.05 bits per heavy atom. The molecule has 1 aromatic carbocycles. The van der Waals surface area contributed by atoms with Gasteiger partial charge in [0.25, 0.3) is 0 Å². The molecular formula is C15H20N2O2S. The van der Waals surface area contributed by atoms with E-state index < -0.39 is 10.0 Å². The van der Waals surface area contributed by atoms with Crippen LogP contribution >= 0.6 is 0 Å². The lowest BCUT2D eigenvalue weighted by Crippen LogP contribution is -2.32. The molecule has 2 rings (SSSR count). The Kier molecular flexibility index (Phi) is 4.46. The summed E-state index contributed by atoms with van der Waals surface area (Å²) < 4.78 is 26.9. The van der Waals surface area contributed by atoms with Gasteiger partial charge in [-0.1, -0.05) is 6.92 Å². The summed E-state index contributed by atoms with van der Waals surface area (Å²) in [5.41, 5.74) is 1.23. The molecule has 0 aromatic heterocycles. The maximum Gasteiger partial charge on any atom is 0.243 e. The number of rotatable bonds is 2. The highest BCUT2D eigenvalue weighted by atomic mass is 32.2. The van der Waals surface area contributed by atoms with Gasteiger partial charge in [0, 0.05) is 13.1 Å². The molecule has 20 heavy (non-hydrogen) atoms. The summed E-state index contributed by atoms with van der Waals surface area (Å²) in [5.74, 6) is 0.581. The van der Waals surface area contributed by atoms with Gasteiger partial charge in [-0.2, -0.15) is 9.57 Å². The maximum absolute atomic E-state index is 12.6. The molecule has 1 aliphatic heterocycles. The predicted octanol–water partition coefficient (Wildman–Crippen LogP) is 2.68. The Morgan fingerprint density at radius 3 is 2.70 bits per heavy atom. The molecule has 0 amide bonds. The number of aryl methyl sites for hydroxylation is 1. The molecule has 4 nitrogen and oxygen atoms in total. The van der Waals surface area contributed by atoms with Crippen molar-refractivity contribution in [1.82, 2.24) is 4.31 Å². The van der Waals surface area contributed by atoms with Gasteiger partial charge in [0.1, 0.15) is 0 Å². The zero-order valence-electron chi connectivity index (χ0n) is 12.0. The van der Waals surface area contributed by atoms with Crippen LogP contribution < -0.4 is 0 Å². The Morgan fingerprint density at radius 1 is 1.30 bits per heavy atom. The van der Waals surface area contributed by atoms with Gasteiger partial charge in [0.15, 0.2) is 0 Å². The highest BCUT2D eigenvalue weighted by Crippen LogP contribution is 2.24. The quantitative estimate of drug-likeness (QED) is 0.842. The standard InChI is InChI=1S/C15H20N2O2S/c1-12-4-3-8-17(9-7-12)20(18,19)15-6-5-14(11-16)13(2)10-15/h5-6,10,12H,3-4,7-9H2,1-2H3. The number of sulfonamides is 1. The molecule has 0 N–H and O–H groups in total. The first-order valence-corrected chi connectivity index (χ1v) is 8.40. The van der Waals surface area contributed by atoms with Crippen LogP contribution in [0.25, 0.3) is 0 Å². The summed E-state index contributed by atoms with van der Waals surface area (Å²) in [4.78, 5) is 0.295. The molecule has 108 valence electrons. The van der Waals surface area contributed by atoms with Crippen LogP contribution in [0.3, 0.4) is 0 Å². The van der Waals surface area contributed by atoms with E-state index in [0.29, 0.717) is 35.0 Å². The summed E-state index contributed by atoms with van der Waals surface area (Å²) in [5, 5.41) is 8.92. The highest BCUT2D eigenvalue weighted by Gasteiger charge is 2.26. The Balaban J connectivity index is 2.30. The van der Waals surface area contributed by atoms with E-state index in [-0.39, 0.29) is 0 Å². The molecule has 1 fully saturated rings. The maximum atomic E-state index is 12.6. The normalized spacial score (nSPS) is 21.1. The zero-order chi connectivity index (χ0) is 14.8. The van der Waals surface area contributed by atoms with Crippen LogP contribution in [0.5, 0.6) is 0 Å². The van der Waals surface area contributed by atoms with Crippen molar-refractivity contribution in [2.75, 3.05) is 13.1 Å². The largest absolute Gasteiger partial charge is 0.243 e. The van der Waals surface area contributed by atoms with Gasteiger partial charge in [0.05, 0.1) is 16.5 Å². The third-order valence-electron chi connectivity index (χ3n) is 3.93. The van der Waals surface area contributed by atoms with E-state index in [4.69, 9.17) is 5.26 Å². The summed E-state index contributed by atoms with van der Waals surface area (Å²) >= 11 is 0. The molecule has 0 spiro atoms. The van der Waals surface area contributed by atoms with Crippen molar-refractivity contribution in [1.29, 1.82) is 5.26 Å². The average molecular weight is 292 g/mol. The zero-order valence-corrected chi connectivity index (χ0v) is 12.8. The van der Waals surface area contributed by atoms with E-state index in [9.17, 15) is 8.42 Å². The number of hydrogen-bond donors (Lipinski definition) is 0. The number of nitrogens with zero attached hydrogens (tertiary/aromatic N) is 2. The Hall–Kier alpha value is -1.38. The van der Waals surface area contributed by atoms with Crippen LogP contribution in [0, 0.1) is 24.2 Å². The second kappa shape index (κ2) is 5.94. The van der Waals surface area contributed by atoms with E-state index in [0.717, 1.165) is 19.3 Å². The lowest BCUT2D eigenvalue weighted by molar-refractivity contribution is 0.416. The summed E-state index contributed by atoms with van der Waals surface area (Å²) in [6.45, 7) is 5.11. The number of hydrogen-bond acceptors (Lipinski definition) is 3. The Bertz CT molecular complexity index is 632.